The Morgan fingerprint density at radius 2 is 1.62 bits per heavy atom. The topological polar surface area (TPSA) is 192 Å². The molecular weight excluding hydrogens is 895 g/mol. The quantitative estimate of drug-likeness (QED) is 0.109. The number of amides is 3. The molecule has 5 heterocycles. The number of hydrogen-bond donors (Lipinski definition) is 5. The maximum absolute atomic E-state index is 14.2. The van der Waals surface area contributed by atoms with Gasteiger partial charge in [0.1, 0.15) is 17.8 Å². The fourth-order valence-electron chi connectivity index (χ4n) is 11.9. The number of aliphatic hydroxyl groups excluding tert-OH is 1. The summed E-state index contributed by atoms with van der Waals surface area (Å²) in [6.45, 7) is 12.7. The minimum Gasteiger partial charge on any atom is -0.507 e. The van der Waals surface area contributed by atoms with Crippen LogP contribution in [0.2, 0.25) is 0 Å². The van der Waals surface area contributed by atoms with Crippen molar-refractivity contribution in [3.8, 4) is 29.4 Å². The predicted molar refractivity (Wildman–Crippen MR) is 274 cm³/mol. The van der Waals surface area contributed by atoms with E-state index in [2.05, 4.69) is 53.7 Å². The number of β-amino-alcohol motifs (C(OH)–C–C–N with tert-alkyl or cyclic N) is 1. The average molecular weight is 966 g/mol. The van der Waals surface area contributed by atoms with Crippen LogP contribution in [0, 0.1) is 29.1 Å². The van der Waals surface area contributed by atoms with Crippen LogP contribution in [0.15, 0.2) is 67.0 Å². The lowest BCUT2D eigenvalue weighted by molar-refractivity contribution is -0.145. The van der Waals surface area contributed by atoms with Gasteiger partial charge in [-0.05, 0) is 130 Å². The number of anilines is 3. The van der Waals surface area contributed by atoms with Crippen molar-refractivity contribution in [2.75, 3.05) is 61.4 Å². The number of carbonyl (C=O) groups is 3. The second-order valence-corrected chi connectivity index (χ2v) is 21.9. The third-order valence-electron chi connectivity index (χ3n) is 16.2. The molecule has 4 aromatic rings. The van der Waals surface area contributed by atoms with E-state index >= 15 is 0 Å². The van der Waals surface area contributed by atoms with Crippen molar-refractivity contribution in [3.63, 3.8) is 0 Å². The van der Waals surface area contributed by atoms with Crippen molar-refractivity contribution in [2.45, 2.75) is 128 Å². The number of aromatic nitrogens is 4. The highest BCUT2D eigenvalue weighted by Gasteiger charge is 2.50. The Morgan fingerprint density at radius 3 is 2.27 bits per heavy atom. The number of rotatable bonds is 12. The first-order valence-electron chi connectivity index (χ1n) is 25.7. The standard InChI is InChI=1S/C55H71N11O5/c1-7-36-12-14-37(15-13-36)30-57-51(70)46-26-42(67)34-66(46)52(71)48(54(3,4)5)60-50(69)39-16-20-55(21-17-39)28-41(29-55)63-22-18-38(19-23-63)40-31-58-53(59-32-40)64-24-25-65(35(2)33-64)45-27-44(61-62-49(45)56-6)43-10-8-9-11-47(43)68/h1,8-15,27,31-32,35,38-39,41-42,46,48,67-68H,16-26,28-30,33-34H2,2-6H3,(H,56,62)(H,57,70)(H,60,69)/t35-,39-,41-,42+,46-,48+,55?/m0/s1. The van der Waals surface area contributed by atoms with Gasteiger partial charge in [-0.1, -0.05) is 51.0 Å². The molecule has 3 saturated heterocycles. The number of piperazine rings is 1. The van der Waals surface area contributed by atoms with Crippen LogP contribution in [0.5, 0.6) is 5.75 Å². The molecule has 2 saturated carbocycles. The summed E-state index contributed by atoms with van der Waals surface area (Å²) in [6, 6.07) is 15.6. The number of likely N-dealkylation sites (tertiary alicyclic amines) is 2. The van der Waals surface area contributed by atoms with Crippen LogP contribution in [0.1, 0.15) is 108 Å². The Morgan fingerprint density at radius 1 is 0.915 bits per heavy atom. The van der Waals surface area contributed by atoms with Crippen LogP contribution in [0.4, 0.5) is 17.5 Å². The fraction of sp³-hybridized carbons (Fsp3) is 0.545. The van der Waals surface area contributed by atoms with E-state index in [9.17, 15) is 24.6 Å². The Labute approximate surface area is 418 Å². The minimum absolute atomic E-state index is 0.0404. The van der Waals surface area contributed by atoms with Gasteiger partial charge in [0.05, 0.1) is 17.5 Å². The number of para-hydroxylation sites is 1. The van der Waals surface area contributed by atoms with Crippen LogP contribution in [-0.2, 0) is 20.9 Å². The van der Waals surface area contributed by atoms with Gasteiger partial charge < -0.3 is 45.8 Å². The molecule has 0 bridgehead atoms. The van der Waals surface area contributed by atoms with Crippen LogP contribution >= 0.6 is 0 Å². The summed E-state index contributed by atoms with van der Waals surface area (Å²) in [5.41, 5.74) is 4.71. The summed E-state index contributed by atoms with van der Waals surface area (Å²) in [5.74, 6) is 3.70. The van der Waals surface area contributed by atoms with Crippen molar-refractivity contribution in [3.05, 3.63) is 83.7 Å². The van der Waals surface area contributed by atoms with E-state index in [4.69, 9.17) is 16.4 Å². The second kappa shape index (κ2) is 20.8. The fourth-order valence-corrected chi connectivity index (χ4v) is 11.9. The lowest BCUT2D eigenvalue weighted by Gasteiger charge is -2.55. The summed E-state index contributed by atoms with van der Waals surface area (Å²) in [4.78, 5) is 60.1. The molecule has 3 amide bonds. The first kappa shape index (κ1) is 49.7. The van der Waals surface area contributed by atoms with Gasteiger partial charge in [0.15, 0.2) is 5.82 Å². The van der Waals surface area contributed by atoms with E-state index in [0.29, 0.717) is 29.0 Å². The van der Waals surface area contributed by atoms with Gasteiger partial charge in [-0.3, -0.25) is 14.4 Å². The monoisotopic (exact) mass is 966 g/mol. The molecule has 5 N–H and O–H groups in total. The normalized spacial score (nSPS) is 25.5. The van der Waals surface area contributed by atoms with Crippen LogP contribution in [-0.4, -0.2) is 134 Å². The summed E-state index contributed by atoms with van der Waals surface area (Å²) >= 11 is 0. The number of nitrogens with one attached hydrogen (secondary N) is 3. The van der Waals surface area contributed by atoms with Gasteiger partial charge >= 0.3 is 0 Å². The summed E-state index contributed by atoms with van der Waals surface area (Å²) in [5, 5.41) is 39.2. The van der Waals surface area contributed by atoms with Crippen LogP contribution in [0.25, 0.3) is 11.3 Å². The van der Waals surface area contributed by atoms with E-state index in [-0.39, 0.29) is 60.4 Å². The highest BCUT2D eigenvalue weighted by Crippen LogP contribution is 2.55. The number of benzene rings is 2. The van der Waals surface area contributed by atoms with Crippen molar-refractivity contribution in [1.82, 2.24) is 40.6 Å². The lowest BCUT2D eigenvalue weighted by atomic mass is 9.56. The Bertz CT molecular complexity index is 2570. The highest BCUT2D eigenvalue weighted by molar-refractivity contribution is 5.93. The minimum atomic E-state index is -0.842. The number of phenolic OH excluding ortho intramolecular Hbond substituents is 1. The first-order chi connectivity index (χ1) is 34.1. The van der Waals surface area contributed by atoms with Crippen molar-refractivity contribution < 1.29 is 24.6 Å². The van der Waals surface area contributed by atoms with E-state index in [1.54, 1.807) is 12.1 Å². The molecule has 71 heavy (non-hydrogen) atoms. The van der Waals surface area contributed by atoms with Crippen molar-refractivity contribution >= 4 is 35.2 Å². The highest BCUT2D eigenvalue weighted by atomic mass is 16.3. The Hall–Kier alpha value is -6.31. The zero-order chi connectivity index (χ0) is 50.0. The van der Waals surface area contributed by atoms with Gasteiger partial charge in [-0.15, -0.1) is 16.6 Å². The summed E-state index contributed by atoms with van der Waals surface area (Å²) < 4.78 is 0. The number of nitrogens with zero attached hydrogens (tertiary/aromatic N) is 8. The first-order valence-corrected chi connectivity index (χ1v) is 25.7. The second-order valence-electron chi connectivity index (χ2n) is 21.9. The molecule has 376 valence electrons. The molecule has 2 aliphatic carbocycles. The molecule has 1 spiro atoms. The third-order valence-corrected chi connectivity index (χ3v) is 16.2. The summed E-state index contributed by atoms with van der Waals surface area (Å²) in [7, 11) is 1.85. The lowest BCUT2D eigenvalue weighted by Crippen LogP contribution is -2.59. The molecule has 16 heteroatoms. The third kappa shape index (κ3) is 10.8. The molecule has 0 radical (unpaired) electrons. The van der Waals surface area contributed by atoms with E-state index in [1.165, 1.54) is 23.3 Å². The zero-order valence-corrected chi connectivity index (χ0v) is 42.0. The number of piperidine rings is 1. The maximum atomic E-state index is 14.2. The molecule has 5 fully saturated rings. The molecule has 0 unspecified atom stereocenters. The van der Waals surface area contributed by atoms with Crippen LogP contribution < -0.4 is 25.8 Å². The Balaban J connectivity index is 0.718. The smallest absolute Gasteiger partial charge is 0.246 e. The molecule has 2 aromatic carbocycles. The number of terminal acetylenes is 1. The number of aliphatic hydroxyl groups is 1. The van der Waals surface area contributed by atoms with Gasteiger partial charge in [0, 0.05) is 87.7 Å². The van der Waals surface area contributed by atoms with Crippen LogP contribution in [0.3, 0.4) is 0 Å². The van der Waals surface area contributed by atoms with Crippen molar-refractivity contribution in [2.24, 2.45) is 16.7 Å². The SMILES string of the molecule is C#Cc1ccc(CNC(=O)[C@@H]2C[C@@H](O)CN2C(=O)[C@@H](NC(=O)[C@H]2CCC3(CC2)C[C@H](N2CCC(c4cnc(N5CCN(c6cc(-c7ccccc7O)nnc6NC)[C@@H](C)C5)nc4)CC2)C3)C(C)(C)C)cc1. The number of aromatic hydroxyl groups is 1. The van der Waals surface area contributed by atoms with E-state index in [0.717, 1.165) is 94.0 Å². The molecule has 2 aromatic heterocycles. The largest absolute Gasteiger partial charge is 0.507 e. The molecule has 5 aliphatic rings. The number of carbonyl (C=O) groups excluding carboxylic acids is 3. The van der Waals surface area contributed by atoms with E-state index in [1.807, 2.05) is 82.7 Å². The van der Waals surface area contributed by atoms with E-state index < -0.39 is 23.6 Å². The summed E-state index contributed by atoms with van der Waals surface area (Å²) in [6.07, 6.45) is 17.0. The predicted octanol–water partition coefficient (Wildman–Crippen LogP) is 5.70. The van der Waals surface area contributed by atoms with Gasteiger partial charge in [-0.2, -0.15) is 0 Å². The van der Waals surface area contributed by atoms with Gasteiger partial charge in [-0.25, -0.2) is 9.97 Å². The number of phenols is 1. The molecule has 9 rings (SSSR count). The van der Waals surface area contributed by atoms with Gasteiger partial charge in [0.25, 0.3) is 0 Å². The zero-order valence-electron chi connectivity index (χ0n) is 42.0. The Kier molecular flexibility index (Phi) is 14.6. The number of hydrogen-bond acceptors (Lipinski definition) is 13. The molecule has 16 nitrogen and oxygen atoms in total. The average Bonchev–Trinajstić information content (AvgIpc) is 3.77. The maximum Gasteiger partial charge on any atom is 0.246 e. The molecule has 4 atom stereocenters. The van der Waals surface area contributed by atoms with Crippen molar-refractivity contribution in [1.29, 1.82) is 0 Å². The molecular formula is C55H71N11O5. The molecule has 3 aliphatic heterocycles. The van der Waals surface area contributed by atoms with Gasteiger partial charge in [0.2, 0.25) is 23.7 Å².